The fourth-order valence-electron chi connectivity index (χ4n) is 4.75. The van der Waals surface area contributed by atoms with Gasteiger partial charge in [-0.15, -0.1) is 11.3 Å². The lowest BCUT2D eigenvalue weighted by molar-refractivity contribution is 0.548. The van der Waals surface area contributed by atoms with Gasteiger partial charge in [0.2, 0.25) is 0 Å². The van der Waals surface area contributed by atoms with Gasteiger partial charge in [0.1, 0.15) is 10.6 Å². The van der Waals surface area contributed by atoms with E-state index in [4.69, 9.17) is 9.97 Å². The zero-order valence-corrected chi connectivity index (χ0v) is 17.0. The summed E-state index contributed by atoms with van der Waals surface area (Å²) in [5.41, 5.74) is 2.47. The highest BCUT2D eigenvalue weighted by atomic mass is 32.1. The molecule has 2 aliphatic rings. The molecule has 0 radical (unpaired) electrons. The zero-order valence-electron chi connectivity index (χ0n) is 16.2. The van der Waals surface area contributed by atoms with Crippen molar-refractivity contribution in [1.82, 2.24) is 24.5 Å². The first-order chi connectivity index (χ1) is 14.4. The van der Waals surface area contributed by atoms with Crippen molar-refractivity contribution in [2.75, 3.05) is 11.4 Å². The summed E-state index contributed by atoms with van der Waals surface area (Å²) in [4.78, 5) is 23.8. The molecule has 0 N–H and O–H groups in total. The molecule has 0 amide bonds. The number of hydrogen-bond donors (Lipinski definition) is 0. The molecule has 1 aliphatic carbocycles. The van der Waals surface area contributed by atoms with Crippen LogP contribution in [0.5, 0.6) is 0 Å². The number of fused-ring (bicyclic) bond motifs is 3. The van der Waals surface area contributed by atoms with Gasteiger partial charge in [-0.2, -0.15) is 0 Å². The van der Waals surface area contributed by atoms with Crippen molar-refractivity contribution in [3.05, 3.63) is 53.7 Å². The first-order valence-corrected chi connectivity index (χ1v) is 11.1. The Morgan fingerprint density at radius 3 is 2.97 bits per heavy atom. The number of anilines is 1. The van der Waals surface area contributed by atoms with E-state index in [-0.39, 0.29) is 0 Å². The number of aromatic nitrogens is 5. The maximum atomic E-state index is 5.14. The Kier molecular flexibility index (Phi) is 4.08. The van der Waals surface area contributed by atoms with Gasteiger partial charge >= 0.3 is 0 Å². The predicted octanol–water partition coefficient (Wildman–Crippen LogP) is 4.11. The standard InChI is InChI=1S/C22H22N6S/c1-6-17-18(7-1)29-22-19(17)21(25-20(26-22)15-4-2-8-23-12-15)28-10-3-5-16(28)13-27-11-9-24-14-27/h2,4,8-9,11-12,14,16H,1,3,5-7,10,13H2. The quantitative estimate of drug-likeness (QED) is 0.514. The van der Waals surface area contributed by atoms with Gasteiger partial charge in [0, 0.05) is 54.4 Å². The van der Waals surface area contributed by atoms with Gasteiger partial charge < -0.3 is 9.47 Å². The highest BCUT2D eigenvalue weighted by molar-refractivity contribution is 7.19. The van der Waals surface area contributed by atoms with E-state index in [1.807, 2.05) is 42.2 Å². The van der Waals surface area contributed by atoms with Crippen molar-refractivity contribution in [3.63, 3.8) is 0 Å². The first-order valence-electron chi connectivity index (χ1n) is 10.3. The van der Waals surface area contributed by atoms with E-state index in [1.54, 1.807) is 6.20 Å². The van der Waals surface area contributed by atoms with Crippen LogP contribution in [0, 0.1) is 0 Å². The number of hydrogen-bond acceptors (Lipinski definition) is 6. The third kappa shape index (κ3) is 2.92. The van der Waals surface area contributed by atoms with E-state index in [9.17, 15) is 0 Å². The molecule has 7 heteroatoms. The van der Waals surface area contributed by atoms with E-state index < -0.39 is 0 Å². The van der Waals surface area contributed by atoms with Crippen molar-refractivity contribution < 1.29 is 0 Å². The third-order valence-corrected chi connectivity index (χ3v) is 7.28. The van der Waals surface area contributed by atoms with Gasteiger partial charge in [0.05, 0.1) is 11.7 Å². The SMILES string of the molecule is c1cncc(-c2nc(N3CCCC3Cn3ccnc3)c3c4c(sc3n2)CCC4)c1. The second-order valence-electron chi connectivity index (χ2n) is 7.90. The Morgan fingerprint density at radius 2 is 2.10 bits per heavy atom. The van der Waals surface area contributed by atoms with Gasteiger partial charge in [0.15, 0.2) is 5.82 Å². The van der Waals surface area contributed by atoms with Crippen LogP contribution in [-0.4, -0.2) is 37.1 Å². The minimum absolute atomic E-state index is 0.431. The lowest BCUT2D eigenvalue weighted by Crippen LogP contribution is -2.33. The highest BCUT2D eigenvalue weighted by Gasteiger charge is 2.31. The van der Waals surface area contributed by atoms with Crippen LogP contribution < -0.4 is 4.90 Å². The molecule has 1 atom stereocenters. The van der Waals surface area contributed by atoms with Gasteiger partial charge in [-0.05, 0) is 49.8 Å². The van der Waals surface area contributed by atoms with Crippen LogP contribution in [-0.2, 0) is 19.4 Å². The Balaban J connectivity index is 1.50. The third-order valence-electron chi connectivity index (χ3n) is 6.10. The molecule has 0 spiro atoms. The minimum Gasteiger partial charge on any atom is -0.351 e. The van der Waals surface area contributed by atoms with Crippen molar-refractivity contribution in [1.29, 1.82) is 0 Å². The summed E-state index contributed by atoms with van der Waals surface area (Å²) in [6.07, 6.45) is 15.4. The summed E-state index contributed by atoms with van der Waals surface area (Å²) >= 11 is 1.86. The van der Waals surface area contributed by atoms with Crippen LogP contribution in [0.4, 0.5) is 5.82 Å². The molecule has 1 fully saturated rings. The second-order valence-corrected chi connectivity index (χ2v) is 8.98. The molecule has 1 aliphatic heterocycles. The number of rotatable bonds is 4. The predicted molar refractivity (Wildman–Crippen MR) is 115 cm³/mol. The van der Waals surface area contributed by atoms with Gasteiger partial charge in [-0.1, -0.05) is 0 Å². The number of pyridine rings is 1. The molecule has 6 nitrogen and oxygen atoms in total. The normalized spacial score (nSPS) is 18.6. The number of aryl methyl sites for hydroxylation is 2. The van der Waals surface area contributed by atoms with Crippen LogP contribution in [0.3, 0.4) is 0 Å². The van der Waals surface area contributed by atoms with Gasteiger partial charge in [0.25, 0.3) is 0 Å². The first kappa shape index (κ1) is 17.1. The molecule has 0 bridgehead atoms. The fraction of sp³-hybridized carbons (Fsp3) is 0.364. The largest absolute Gasteiger partial charge is 0.351 e. The van der Waals surface area contributed by atoms with Gasteiger partial charge in [-0.25, -0.2) is 15.0 Å². The molecule has 4 aromatic heterocycles. The zero-order chi connectivity index (χ0) is 19.2. The molecule has 5 heterocycles. The Hall–Kier alpha value is -2.80. The lowest BCUT2D eigenvalue weighted by Gasteiger charge is -2.27. The molecule has 1 unspecified atom stereocenters. The highest BCUT2D eigenvalue weighted by Crippen LogP contribution is 2.43. The van der Waals surface area contributed by atoms with Crippen molar-refractivity contribution in [2.45, 2.75) is 44.7 Å². The molecule has 0 saturated carbocycles. The van der Waals surface area contributed by atoms with Crippen molar-refractivity contribution in [2.24, 2.45) is 0 Å². The fourth-order valence-corrected chi connectivity index (χ4v) is 6.01. The lowest BCUT2D eigenvalue weighted by atomic mass is 10.1. The second kappa shape index (κ2) is 6.91. The van der Waals surface area contributed by atoms with Crippen LogP contribution in [0.25, 0.3) is 21.6 Å². The van der Waals surface area contributed by atoms with E-state index in [0.717, 1.165) is 41.5 Å². The van der Waals surface area contributed by atoms with E-state index in [1.165, 1.54) is 41.5 Å². The Bertz CT molecular complexity index is 1150. The van der Waals surface area contributed by atoms with Gasteiger partial charge in [-0.3, -0.25) is 4.98 Å². The van der Waals surface area contributed by atoms with E-state index >= 15 is 0 Å². The molecular weight excluding hydrogens is 380 g/mol. The summed E-state index contributed by atoms with van der Waals surface area (Å²) in [6.45, 7) is 1.99. The maximum absolute atomic E-state index is 5.14. The Morgan fingerprint density at radius 1 is 1.10 bits per heavy atom. The topological polar surface area (TPSA) is 59.7 Å². The molecule has 29 heavy (non-hydrogen) atoms. The van der Waals surface area contributed by atoms with Crippen molar-refractivity contribution in [3.8, 4) is 11.4 Å². The van der Waals surface area contributed by atoms with Crippen LogP contribution >= 0.6 is 11.3 Å². The molecule has 146 valence electrons. The van der Waals surface area contributed by atoms with E-state index in [2.05, 4.69) is 25.6 Å². The Labute approximate surface area is 173 Å². The smallest absolute Gasteiger partial charge is 0.164 e. The summed E-state index contributed by atoms with van der Waals surface area (Å²) in [5, 5.41) is 1.30. The average Bonchev–Trinajstić information content (AvgIpc) is 3.53. The van der Waals surface area contributed by atoms with Crippen LogP contribution in [0.15, 0.2) is 43.2 Å². The summed E-state index contributed by atoms with van der Waals surface area (Å²) in [6, 6.07) is 4.43. The molecular formula is C22H22N6S. The number of imidazole rings is 1. The maximum Gasteiger partial charge on any atom is 0.164 e. The minimum atomic E-state index is 0.431. The molecule has 6 rings (SSSR count). The molecule has 1 saturated heterocycles. The summed E-state index contributed by atoms with van der Waals surface area (Å²) < 4.78 is 2.18. The average molecular weight is 403 g/mol. The van der Waals surface area contributed by atoms with Crippen LogP contribution in [0.1, 0.15) is 29.7 Å². The summed E-state index contributed by atoms with van der Waals surface area (Å²) in [5.74, 6) is 1.91. The number of nitrogens with zero attached hydrogens (tertiary/aromatic N) is 6. The number of thiophene rings is 1. The summed E-state index contributed by atoms with van der Waals surface area (Å²) in [7, 11) is 0. The van der Waals surface area contributed by atoms with Crippen molar-refractivity contribution >= 4 is 27.4 Å². The monoisotopic (exact) mass is 402 g/mol. The molecule has 0 aromatic carbocycles. The van der Waals surface area contributed by atoms with E-state index in [0.29, 0.717) is 6.04 Å². The molecule has 4 aromatic rings. The van der Waals surface area contributed by atoms with Crippen LogP contribution in [0.2, 0.25) is 0 Å².